The van der Waals surface area contributed by atoms with Crippen LogP contribution >= 0.6 is 0 Å². The smallest absolute Gasteiger partial charge is 0.354 e. The maximum atomic E-state index is 11.5. The molecule has 3 unspecified atom stereocenters. The average Bonchev–Trinajstić information content (AvgIpc) is 2.28. The second kappa shape index (κ2) is 4.71. The number of nitrogens with two attached hydrogens (primary N) is 1. The van der Waals surface area contributed by atoms with Gasteiger partial charge >= 0.3 is 5.97 Å². The molecule has 0 radical (unpaired) electrons. The first-order valence-corrected chi connectivity index (χ1v) is 6.68. The second-order valence-corrected chi connectivity index (χ2v) is 5.91. The van der Waals surface area contributed by atoms with Gasteiger partial charge in [0.1, 0.15) is 11.3 Å². The fourth-order valence-electron chi connectivity index (χ4n) is 3.46. The zero-order valence-electron chi connectivity index (χ0n) is 10.7. The molecule has 96 valence electrons. The third kappa shape index (κ3) is 2.82. The summed E-state index contributed by atoms with van der Waals surface area (Å²) in [6.45, 7) is 5.48. The minimum atomic E-state index is -0.443. The summed E-state index contributed by atoms with van der Waals surface area (Å²) in [6.07, 6.45) is 8.50. The molecule has 0 aliphatic heterocycles. The number of hydrogen-bond acceptors (Lipinski definition) is 3. The van der Waals surface area contributed by atoms with Crippen LogP contribution in [0.25, 0.3) is 0 Å². The van der Waals surface area contributed by atoms with Gasteiger partial charge < -0.3 is 10.5 Å². The topological polar surface area (TPSA) is 52.3 Å². The molecule has 2 aliphatic carbocycles. The lowest BCUT2D eigenvalue weighted by molar-refractivity contribution is -0.160. The van der Waals surface area contributed by atoms with Gasteiger partial charge in [-0.2, -0.15) is 0 Å². The number of esters is 1. The Hall–Kier alpha value is -0.990. The summed E-state index contributed by atoms with van der Waals surface area (Å²) in [6, 6.07) is 0. The van der Waals surface area contributed by atoms with Gasteiger partial charge in [-0.15, -0.1) is 0 Å². The van der Waals surface area contributed by atoms with Gasteiger partial charge in [0.25, 0.3) is 0 Å². The second-order valence-electron chi connectivity index (χ2n) is 5.91. The Morgan fingerprint density at radius 1 is 1.29 bits per heavy atom. The summed E-state index contributed by atoms with van der Waals surface area (Å²) in [7, 11) is 0. The molecule has 0 amide bonds. The van der Waals surface area contributed by atoms with Gasteiger partial charge in [0.15, 0.2) is 0 Å². The van der Waals surface area contributed by atoms with E-state index in [2.05, 4.69) is 6.58 Å². The standard InChI is InChI=1S/C14H23NO2/c1-10(15)13(16)17-14(2)8-7-11-5-3-4-6-12(11)9-14/h11-12H,1,3-9,15H2,2H3. The molecule has 0 aromatic carbocycles. The number of carbonyl (C=O) groups excluding carboxylic acids is 1. The lowest BCUT2D eigenvalue weighted by Gasteiger charge is -2.44. The molecule has 3 heteroatoms. The summed E-state index contributed by atoms with van der Waals surface area (Å²) in [5.41, 5.74) is 5.06. The normalized spacial score (nSPS) is 37.0. The Kier molecular flexibility index (Phi) is 3.45. The highest BCUT2D eigenvalue weighted by Gasteiger charge is 2.41. The van der Waals surface area contributed by atoms with Crippen LogP contribution in [0.1, 0.15) is 51.9 Å². The van der Waals surface area contributed by atoms with Crippen molar-refractivity contribution < 1.29 is 9.53 Å². The molecule has 0 aromatic rings. The molecule has 0 aromatic heterocycles. The maximum absolute atomic E-state index is 11.5. The zero-order chi connectivity index (χ0) is 12.5. The Morgan fingerprint density at radius 3 is 2.59 bits per heavy atom. The van der Waals surface area contributed by atoms with Crippen molar-refractivity contribution in [2.24, 2.45) is 17.6 Å². The molecule has 2 aliphatic rings. The average molecular weight is 237 g/mol. The van der Waals surface area contributed by atoms with Crippen LogP contribution in [0.3, 0.4) is 0 Å². The van der Waals surface area contributed by atoms with Crippen molar-refractivity contribution >= 4 is 5.97 Å². The number of ether oxygens (including phenoxy) is 1. The van der Waals surface area contributed by atoms with Crippen molar-refractivity contribution in [3.8, 4) is 0 Å². The molecule has 3 atom stereocenters. The molecule has 0 heterocycles. The van der Waals surface area contributed by atoms with E-state index in [1.165, 1.54) is 32.1 Å². The Labute approximate surface area is 103 Å². The monoisotopic (exact) mass is 237 g/mol. The summed E-state index contributed by atoms with van der Waals surface area (Å²) in [5.74, 6) is 1.15. The van der Waals surface area contributed by atoms with Crippen molar-refractivity contribution in [1.29, 1.82) is 0 Å². The SMILES string of the molecule is C=C(N)C(=O)OC1(C)CCC2CCCCC2C1. The summed E-state index contributed by atoms with van der Waals surface area (Å²) >= 11 is 0. The van der Waals surface area contributed by atoms with Gasteiger partial charge in [-0.1, -0.05) is 32.3 Å². The van der Waals surface area contributed by atoms with Gasteiger partial charge in [-0.3, -0.25) is 0 Å². The van der Waals surface area contributed by atoms with Crippen molar-refractivity contribution in [2.75, 3.05) is 0 Å². The van der Waals surface area contributed by atoms with E-state index in [0.29, 0.717) is 0 Å². The van der Waals surface area contributed by atoms with Crippen molar-refractivity contribution in [3.63, 3.8) is 0 Å². The van der Waals surface area contributed by atoms with E-state index >= 15 is 0 Å². The number of rotatable bonds is 2. The first-order valence-electron chi connectivity index (χ1n) is 6.68. The van der Waals surface area contributed by atoms with Crippen LogP contribution < -0.4 is 5.73 Å². The molecule has 0 spiro atoms. The van der Waals surface area contributed by atoms with Gasteiger partial charge in [-0.05, 0) is 38.0 Å². The molecule has 17 heavy (non-hydrogen) atoms. The quantitative estimate of drug-likeness (QED) is 0.593. The van der Waals surface area contributed by atoms with Gasteiger partial charge in [0.05, 0.1) is 0 Å². The largest absolute Gasteiger partial charge is 0.455 e. The van der Waals surface area contributed by atoms with Crippen molar-refractivity contribution in [3.05, 3.63) is 12.3 Å². The van der Waals surface area contributed by atoms with Crippen LogP contribution in [0.4, 0.5) is 0 Å². The molecule has 3 nitrogen and oxygen atoms in total. The van der Waals surface area contributed by atoms with Crippen molar-refractivity contribution in [2.45, 2.75) is 57.5 Å². The van der Waals surface area contributed by atoms with E-state index in [9.17, 15) is 4.79 Å². The minimum absolute atomic E-state index is 0.0111. The van der Waals surface area contributed by atoms with Crippen LogP contribution in [0.2, 0.25) is 0 Å². The molecule has 2 fully saturated rings. The molecule has 2 saturated carbocycles. The Morgan fingerprint density at radius 2 is 1.94 bits per heavy atom. The molecule has 2 rings (SSSR count). The molecule has 2 N–H and O–H groups in total. The zero-order valence-corrected chi connectivity index (χ0v) is 10.7. The van der Waals surface area contributed by atoms with E-state index < -0.39 is 5.97 Å². The predicted molar refractivity (Wildman–Crippen MR) is 67.1 cm³/mol. The maximum Gasteiger partial charge on any atom is 0.354 e. The summed E-state index contributed by atoms with van der Waals surface area (Å²) in [4.78, 5) is 11.5. The van der Waals surface area contributed by atoms with E-state index in [1.807, 2.05) is 6.92 Å². The van der Waals surface area contributed by atoms with Crippen LogP contribution in [0.5, 0.6) is 0 Å². The molecule has 0 bridgehead atoms. The highest BCUT2D eigenvalue weighted by Crippen LogP contribution is 2.45. The third-order valence-corrected chi connectivity index (χ3v) is 4.41. The van der Waals surface area contributed by atoms with Gasteiger partial charge in [0.2, 0.25) is 0 Å². The van der Waals surface area contributed by atoms with Crippen molar-refractivity contribution in [1.82, 2.24) is 0 Å². The van der Waals surface area contributed by atoms with Crippen LogP contribution in [0.15, 0.2) is 12.3 Å². The highest BCUT2D eigenvalue weighted by molar-refractivity contribution is 5.86. The van der Waals surface area contributed by atoms with E-state index in [1.54, 1.807) is 0 Å². The first-order chi connectivity index (χ1) is 8.00. The molecular formula is C14H23NO2. The fraction of sp³-hybridized carbons (Fsp3) is 0.786. The van der Waals surface area contributed by atoms with Crippen LogP contribution in [0, 0.1) is 11.8 Å². The minimum Gasteiger partial charge on any atom is -0.455 e. The van der Waals surface area contributed by atoms with E-state index in [-0.39, 0.29) is 11.3 Å². The lowest BCUT2D eigenvalue weighted by atomic mass is 9.66. The number of carbonyl (C=O) groups is 1. The fourth-order valence-corrected chi connectivity index (χ4v) is 3.46. The molecule has 0 saturated heterocycles. The predicted octanol–water partition coefficient (Wildman–Crippen LogP) is 2.75. The van der Waals surface area contributed by atoms with E-state index in [0.717, 1.165) is 24.7 Å². The van der Waals surface area contributed by atoms with E-state index in [4.69, 9.17) is 10.5 Å². The first kappa shape index (κ1) is 12.5. The lowest BCUT2D eigenvalue weighted by Crippen LogP contribution is -2.42. The van der Waals surface area contributed by atoms with Crippen LogP contribution in [-0.4, -0.2) is 11.6 Å². The number of fused-ring (bicyclic) bond motifs is 1. The molecular weight excluding hydrogens is 214 g/mol. The van der Waals surface area contributed by atoms with Crippen LogP contribution in [-0.2, 0) is 9.53 Å². The van der Waals surface area contributed by atoms with Gasteiger partial charge in [-0.25, -0.2) is 4.79 Å². The summed E-state index contributed by atoms with van der Waals surface area (Å²) < 4.78 is 5.53. The number of hydrogen-bond donors (Lipinski definition) is 1. The Bertz CT molecular complexity index is 326. The highest BCUT2D eigenvalue weighted by atomic mass is 16.6. The third-order valence-electron chi connectivity index (χ3n) is 4.41. The van der Waals surface area contributed by atoms with Gasteiger partial charge in [0, 0.05) is 0 Å². The Balaban J connectivity index is 1.97. The summed E-state index contributed by atoms with van der Waals surface area (Å²) in [5, 5.41) is 0.